The van der Waals surface area contributed by atoms with Crippen molar-refractivity contribution >= 4 is 5.78 Å². The van der Waals surface area contributed by atoms with E-state index in [4.69, 9.17) is 4.74 Å². The zero-order valence-electron chi connectivity index (χ0n) is 16.1. The number of piperidine rings is 2. The first-order valence-corrected chi connectivity index (χ1v) is 10.3. The molecular weight excluding hydrogens is 334 g/mol. The van der Waals surface area contributed by atoms with E-state index in [9.17, 15) is 4.79 Å². The molecule has 0 amide bonds. The fourth-order valence-electron chi connectivity index (χ4n) is 4.89. The molecule has 2 saturated heterocycles. The normalized spacial score (nSPS) is 25.1. The van der Waals surface area contributed by atoms with Gasteiger partial charge in [0.1, 0.15) is 5.75 Å². The van der Waals surface area contributed by atoms with Crippen molar-refractivity contribution in [2.24, 2.45) is 5.92 Å². The van der Waals surface area contributed by atoms with Gasteiger partial charge in [-0.25, -0.2) is 0 Å². The molecule has 0 radical (unpaired) electrons. The van der Waals surface area contributed by atoms with Crippen molar-refractivity contribution in [2.45, 2.75) is 57.7 Å². The van der Waals surface area contributed by atoms with E-state index in [0.29, 0.717) is 24.5 Å². The molecule has 3 nitrogen and oxygen atoms in total. The smallest absolute Gasteiger partial charge is 0.166 e. The van der Waals surface area contributed by atoms with E-state index in [1.807, 2.05) is 31.2 Å². The van der Waals surface area contributed by atoms with Crippen LogP contribution in [-0.2, 0) is 6.54 Å². The van der Waals surface area contributed by atoms with Crippen molar-refractivity contribution in [1.82, 2.24) is 4.90 Å². The summed E-state index contributed by atoms with van der Waals surface area (Å²) in [5.41, 5.74) is 2.18. The monoisotopic (exact) mass is 363 g/mol. The van der Waals surface area contributed by atoms with Crippen LogP contribution >= 0.6 is 0 Å². The van der Waals surface area contributed by atoms with Crippen molar-refractivity contribution < 1.29 is 9.53 Å². The lowest BCUT2D eigenvalue weighted by molar-refractivity contribution is 0.00905. The molecule has 2 aromatic rings. The number of benzene rings is 2. The molecule has 0 spiro atoms. The largest absolute Gasteiger partial charge is 0.494 e. The minimum absolute atomic E-state index is 0.143. The van der Waals surface area contributed by atoms with Gasteiger partial charge in [0.05, 0.1) is 6.61 Å². The van der Waals surface area contributed by atoms with Crippen molar-refractivity contribution in [3.05, 3.63) is 65.7 Å². The van der Waals surface area contributed by atoms with Gasteiger partial charge in [0.15, 0.2) is 5.78 Å². The van der Waals surface area contributed by atoms with Gasteiger partial charge in [-0.1, -0.05) is 48.9 Å². The van der Waals surface area contributed by atoms with E-state index in [1.54, 1.807) is 0 Å². The minimum Gasteiger partial charge on any atom is -0.494 e. The molecule has 27 heavy (non-hydrogen) atoms. The highest BCUT2D eigenvalue weighted by Gasteiger charge is 2.40. The van der Waals surface area contributed by atoms with Crippen LogP contribution in [0.1, 0.15) is 54.9 Å². The Morgan fingerprint density at radius 3 is 2.48 bits per heavy atom. The van der Waals surface area contributed by atoms with Gasteiger partial charge in [-0.05, 0) is 50.3 Å². The Labute approximate surface area is 162 Å². The van der Waals surface area contributed by atoms with E-state index < -0.39 is 0 Å². The van der Waals surface area contributed by atoms with E-state index in [-0.39, 0.29) is 5.92 Å². The summed E-state index contributed by atoms with van der Waals surface area (Å²) in [5.74, 6) is 1.24. The molecule has 0 aliphatic carbocycles. The van der Waals surface area contributed by atoms with E-state index in [1.165, 1.54) is 24.8 Å². The number of hydrogen-bond acceptors (Lipinski definition) is 3. The first-order valence-electron chi connectivity index (χ1n) is 10.3. The van der Waals surface area contributed by atoms with Gasteiger partial charge in [0.25, 0.3) is 0 Å². The van der Waals surface area contributed by atoms with Crippen LogP contribution in [0.15, 0.2) is 54.6 Å². The third-order valence-corrected chi connectivity index (χ3v) is 6.13. The van der Waals surface area contributed by atoms with Crippen molar-refractivity contribution in [1.29, 1.82) is 0 Å². The van der Waals surface area contributed by atoms with Crippen LogP contribution in [-0.4, -0.2) is 29.4 Å². The molecule has 2 aromatic carbocycles. The van der Waals surface area contributed by atoms with Crippen LogP contribution in [0.2, 0.25) is 0 Å². The molecule has 2 unspecified atom stereocenters. The third kappa shape index (κ3) is 4.08. The summed E-state index contributed by atoms with van der Waals surface area (Å²) in [4.78, 5) is 15.8. The maximum atomic E-state index is 13.2. The molecule has 0 aromatic heterocycles. The number of carbonyl (C=O) groups excluding carboxylic acids is 1. The van der Waals surface area contributed by atoms with Crippen LogP contribution < -0.4 is 4.74 Å². The minimum atomic E-state index is 0.143. The summed E-state index contributed by atoms with van der Waals surface area (Å²) in [7, 11) is 0. The Morgan fingerprint density at radius 1 is 1.04 bits per heavy atom. The lowest BCUT2D eigenvalue weighted by atomic mass is 9.75. The Hall–Kier alpha value is -2.13. The number of carbonyl (C=O) groups is 1. The molecule has 4 rings (SSSR count). The maximum absolute atomic E-state index is 13.2. The molecule has 0 N–H and O–H groups in total. The molecule has 2 aliphatic heterocycles. The SMILES string of the molecule is CCOc1cccc(C(=O)C2CC3CCCC(C2)N3Cc2ccccc2)c1. The average Bonchev–Trinajstić information content (AvgIpc) is 2.68. The van der Waals surface area contributed by atoms with E-state index in [0.717, 1.165) is 30.7 Å². The van der Waals surface area contributed by atoms with Crippen LogP contribution in [0, 0.1) is 5.92 Å². The highest BCUT2D eigenvalue weighted by Crippen LogP contribution is 2.39. The molecule has 2 heterocycles. The van der Waals surface area contributed by atoms with Crippen LogP contribution in [0.25, 0.3) is 0 Å². The quantitative estimate of drug-likeness (QED) is 0.669. The molecule has 0 saturated carbocycles. The van der Waals surface area contributed by atoms with Crippen molar-refractivity contribution in [3.63, 3.8) is 0 Å². The Morgan fingerprint density at radius 2 is 1.78 bits per heavy atom. The molecule has 2 bridgehead atoms. The Balaban J connectivity index is 1.48. The van der Waals surface area contributed by atoms with E-state index in [2.05, 4.69) is 35.2 Å². The summed E-state index contributed by atoms with van der Waals surface area (Å²) < 4.78 is 5.58. The average molecular weight is 364 g/mol. The molecule has 2 aliphatic rings. The predicted octanol–water partition coefficient (Wildman–Crippen LogP) is 5.10. The topological polar surface area (TPSA) is 29.5 Å². The molecule has 2 fully saturated rings. The number of ketones is 1. The van der Waals surface area contributed by atoms with Gasteiger partial charge < -0.3 is 4.74 Å². The molecule has 3 heteroatoms. The van der Waals surface area contributed by atoms with E-state index >= 15 is 0 Å². The fraction of sp³-hybridized carbons (Fsp3) is 0.458. The second-order valence-electron chi connectivity index (χ2n) is 7.89. The number of hydrogen-bond donors (Lipinski definition) is 0. The van der Waals surface area contributed by atoms with Crippen LogP contribution in [0.4, 0.5) is 0 Å². The second-order valence-corrected chi connectivity index (χ2v) is 7.89. The first kappa shape index (κ1) is 18.2. The van der Waals surface area contributed by atoms with Crippen molar-refractivity contribution in [3.8, 4) is 5.75 Å². The second kappa shape index (κ2) is 8.26. The number of Topliss-reactive ketones (excluding diaryl/α,β-unsaturated/α-hetero) is 1. The summed E-state index contributed by atoms with van der Waals surface area (Å²) in [6.07, 6.45) is 5.70. The number of fused-ring (bicyclic) bond motifs is 2. The Bertz CT molecular complexity index is 759. The Kier molecular flexibility index (Phi) is 5.58. The van der Waals surface area contributed by atoms with Gasteiger partial charge in [-0.3, -0.25) is 9.69 Å². The van der Waals surface area contributed by atoms with Gasteiger partial charge in [-0.2, -0.15) is 0 Å². The molecule has 142 valence electrons. The zero-order chi connectivity index (χ0) is 18.6. The first-order chi connectivity index (χ1) is 13.2. The molecule has 2 atom stereocenters. The van der Waals surface area contributed by atoms with Gasteiger partial charge in [-0.15, -0.1) is 0 Å². The van der Waals surface area contributed by atoms with Gasteiger partial charge in [0.2, 0.25) is 0 Å². The standard InChI is InChI=1S/C24H29NO2/c1-2-27-23-13-6-10-19(16-23)24(26)20-14-21-11-7-12-22(15-20)25(21)17-18-8-4-3-5-9-18/h3-6,8-10,13,16,20-22H,2,7,11-12,14-15,17H2,1H3. The highest BCUT2D eigenvalue weighted by atomic mass is 16.5. The fourth-order valence-corrected chi connectivity index (χ4v) is 4.89. The predicted molar refractivity (Wildman–Crippen MR) is 108 cm³/mol. The van der Waals surface area contributed by atoms with Crippen LogP contribution in [0.3, 0.4) is 0 Å². The van der Waals surface area contributed by atoms with Gasteiger partial charge >= 0.3 is 0 Å². The zero-order valence-corrected chi connectivity index (χ0v) is 16.1. The number of rotatable bonds is 6. The summed E-state index contributed by atoms with van der Waals surface area (Å²) in [6.45, 7) is 3.61. The maximum Gasteiger partial charge on any atom is 0.166 e. The summed E-state index contributed by atoms with van der Waals surface area (Å²) >= 11 is 0. The summed E-state index contributed by atoms with van der Waals surface area (Å²) in [6, 6.07) is 19.5. The number of nitrogens with zero attached hydrogens (tertiary/aromatic N) is 1. The highest BCUT2D eigenvalue weighted by molar-refractivity contribution is 5.98. The van der Waals surface area contributed by atoms with Crippen molar-refractivity contribution in [2.75, 3.05) is 6.61 Å². The lowest BCUT2D eigenvalue weighted by Gasteiger charge is -2.48. The summed E-state index contributed by atoms with van der Waals surface area (Å²) in [5, 5.41) is 0. The molecular formula is C24H29NO2. The van der Waals surface area contributed by atoms with Crippen LogP contribution in [0.5, 0.6) is 5.75 Å². The van der Waals surface area contributed by atoms with Gasteiger partial charge in [0, 0.05) is 30.1 Å². The third-order valence-electron chi connectivity index (χ3n) is 6.13. The lowest BCUT2D eigenvalue weighted by Crippen LogP contribution is -2.52. The number of ether oxygens (including phenoxy) is 1.